The highest BCUT2D eigenvalue weighted by Gasteiger charge is 2.10. The fraction of sp³-hybridized carbons (Fsp3) is 0.273. The van der Waals surface area contributed by atoms with Crippen LogP contribution in [0.5, 0.6) is 5.75 Å². The third-order valence-electron chi connectivity index (χ3n) is 4.45. The van der Waals surface area contributed by atoms with Gasteiger partial charge in [0.25, 0.3) is 0 Å². The predicted octanol–water partition coefficient (Wildman–Crippen LogP) is 5.43. The van der Waals surface area contributed by atoms with Gasteiger partial charge in [0.15, 0.2) is 5.13 Å². The highest BCUT2D eigenvalue weighted by Crippen LogP contribution is 2.28. The maximum atomic E-state index is 12.3. The van der Waals surface area contributed by atoms with E-state index in [0.717, 1.165) is 28.1 Å². The number of benzene rings is 2. The average Bonchev–Trinajstić information content (AvgIpc) is 3.10. The number of ether oxygens (including phenoxy) is 1. The number of methoxy groups -OCH3 is 1. The van der Waals surface area contributed by atoms with Crippen LogP contribution in [0.25, 0.3) is 11.3 Å². The number of nitrogens with one attached hydrogen (secondary N) is 1. The first-order valence-electron chi connectivity index (χ1n) is 8.95. The summed E-state index contributed by atoms with van der Waals surface area (Å²) in [6.07, 6.45) is 0.342. The molecule has 0 aliphatic carbocycles. The van der Waals surface area contributed by atoms with E-state index in [4.69, 9.17) is 4.74 Å². The van der Waals surface area contributed by atoms with E-state index >= 15 is 0 Å². The summed E-state index contributed by atoms with van der Waals surface area (Å²) in [6, 6.07) is 14.1. The van der Waals surface area contributed by atoms with E-state index in [9.17, 15) is 4.79 Å². The van der Waals surface area contributed by atoms with Gasteiger partial charge in [-0.3, -0.25) is 4.79 Å². The van der Waals surface area contributed by atoms with Crippen LogP contribution in [0.3, 0.4) is 0 Å². The van der Waals surface area contributed by atoms with Gasteiger partial charge in [-0.25, -0.2) is 4.98 Å². The molecule has 0 aliphatic heterocycles. The molecule has 0 saturated carbocycles. The van der Waals surface area contributed by atoms with Crippen molar-refractivity contribution >= 4 is 22.4 Å². The number of anilines is 1. The fourth-order valence-corrected chi connectivity index (χ4v) is 3.61. The van der Waals surface area contributed by atoms with Gasteiger partial charge in [-0.15, -0.1) is 11.3 Å². The molecule has 0 fully saturated rings. The van der Waals surface area contributed by atoms with E-state index in [2.05, 4.69) is 36.3 Å². The summed E-state index contributed by atoms with van der Waals surface area (Å²) in [5.41, 5.74) is 5.19. The van der Waals surface area contributed by atoms with Crippen LogP contribution in [0.1, 0.15) is 36.5 Å². The number of carbonyl (C=O) groups is 1. The Morgan fingerprint density at radius 3 is 2.56 bits per heavy atom. The molecule has 0 aliphatic rings. The minimum absolute atomic E-state index is 0.0564. The monoisotopic (exact) mass is 380 g/mol. The average molecular weight is 381 g/mol. The van der Waals surface area contributed by atoms with Crippen LogP contribution in [-0.4, -0.2) is 18.0 Å². The Kier molecular flexibility index (Phi) is 5.91. The van der Waals surface area contributed by atoms with Crippen LogP contribution in [0.4, 0.5) is 5.13 Å². The van der Waals surface area contributed by atoms with E-state index in [1.807, 2.05) is 42.6 Å². The molecule has 1 heterocycles. The predicted molar refractivity (Wildman–Crippen MR) is 112 cm³/mol. The molecule has 3 aromatic rings. The van der Waals surface area contributed by atoms with Crippen LogP contribution in [0.15, 0.2) is 47.8 Å². The van der Waals surface area contributed by atoms with Gasteiger partial charge in [0, 0.05) is 10.9 Å². The maximum absolute atomic E-state index is 12.3. The van der Waals surface area contributed by atoms with Crippen LogP contribution >= 0.6 is 11.3 Å². The zero-order chi connectivity index (χ0) is 19.4. The van der Waals surface area contributed by atoms with Crippen LogP contribution in [0, 0.1) is 6.92 Å². The number of hydrogen-bond acceptors (Lipinski definition) is 4. The number of aryl methyl sites for hydroxylation is 1. The molecule has 2 aromatic carbocycles. The first kappa shape index (κ1) is 19.1. The highest BCUT2D eigenvalue weighted by atomic mass is 32.1. The maximum Gasteiger partial charge on any atom is 0.230 e. The second kappa shape index (κ2) is 8.35. The molecular formula is C22H24N2O2S. The Bertz CT molecular complexity index is 930. The summed E-state index contributed by atoms with van der Waals surface area (Å²) in [7, 11) is 1.66. The van der Waals surface area contributed by atoms with E-state index in [0.29, 0.717) is 17.5 Å². The molecule has 140 valence electrons. The molecule has 0 bridgehead atoms. The molecule has 0 radical (unpaired) electrons. The smallest absolute Gasteiger partial charge is 0.230 e. The molecule has 5 heteroatoms. The summed E-state index contributed by atoms with van der Waals surface area (Å²) >= 11 is 1.43. The quantitative estimate of drug-likeness (QED) is 0.620. The van der Waals surface area contributed by atoms with Gasteiger partial charge in [-0.2, -0.15) is 0 Å². The third-order valence-corrected chi connectivity index (χ3v) is 5.21. The van der Waals surface area contributed by atoms with Crippen molar-refractivity contribution in [2.24, 2.45) is 0 Å². The second-order valence-electron chi connectivity index (χ2n) is 6.84. The van der Waals surface area contributed by atoms with Gasteiger partial charge in [-0.05, 0) is 47.7 Å². The third kappa shape index (κ3) is 4.74. The second-order valence-corrected chi connectivity index (χ2v) is 7.70. The summed E-state index contributed by atoms with van der Waals surface area (Å²) in [6.45, 7) is 6.32. The van der Waals surface area contributed by atoms with Crippen molar-refractivity contribution in [2.45, 2.75) is 33.1 Å². The Hall–Kier alpha value is -2.66. The van der Waals surface area contributed by atoms with Crippen molar-refractivity contribution in [2.75, 3.05) is 12.4 Å². The molecule has 0 unspecified atom stereocenters. The summed E-state index contributed by atoms with van der Waals surface area (Å²) in [4.78, 5) is 16.9. The van der Waals surface area contributed by atoms with E-state index in [-0.39, 0.29) is 5.91 Å². The number of aromatic nitrogens is 1. The van der Waals surface area contributed by atoms with E-state index in [1.54, 1.807) is 7.11 Å². The van der Waals surface area contributed by atoms with Crippen LogP contribution < -0.4 is 10.1 Å². The lowest BCUT2D eigenvalue weighted by molar-refractivity contribution is -0.115. The fourth-order valence-electron chi connectivity index (χ4n) is 2.87. The SMILES string of the molecule is COc1ccc(-c2csc(NC(=O)Cc3ccc(C(C)C)cc3)n2)cc1C. The number of amides is 1. The lowest BCUT2D eigenvalue weighted by atomic mass is 10.0. The van der Waals surface area contributed by atoms with Crippen LogP contribution in [0.2, 0.25) is 0 Å². The van der Waals surface area contributed by atoms with Gasteiger partial charge < -0.3 is 10.1 Å². The first-order valence-corrected chi connectivity index (χ1v) is 9.83. The lowest BCUT2D eigenvalue weighted by Gasteiger charge is -2.07. The van der Waals surface area contributed by atoms with Gasteiger partial charge in [0.1, 0.15) is 5.75 Å². The highest BCUT2D eigenvalue weighted by molar-refractivity contribution is 7.14. The normalized spacial score (nSPS) is 10.9. The minimum Gasteiger partial charge on any atom is -0.496 e. The van der Waals surface area contributed by atoms with Crippen LogP contribution in [-0.2, 0) is 11.2 Å². The molecular weight excluding hydrogens is 356 g/mol. The molecule has 1 amide bonds. The van der Waals surface area contributed by atoms with Crippen molar-refractivity contribution in [3.05, 3.63) is 64.5 Å². The molecule has 0 atom stereocenters. The molecule has 0 saturated heterocycles. The van der Waals surface area contributed by atoms with Crippen molar-refractivity contribution < 1.29 is 9.53 Å². The molecule has 27 heavy (non-hydrogen) atoms. The van der Waals surface area contributed by atoms with Crippen molar-refractivity contribution in [3.8, 4) is 17.0 Å². The largest absolute Gasteiger partial charge is 0.496 e. The standard InChI is InChI=1S/C22H24N2O2S/c1-14(2)17-7-5-16(6-8-17)12-21(25)24-22-23-19(13-27-22)18-9-10-20(26-4)15(3)11-18/h5-11,13-14H,12H2,1-4H3,(H,23,24,25). The van der Waals surface area contributed by atoms with Crippen molar-refractivity contribution in [3.63, 3.8) is 0 Å². The number of thiazole rings is 1. The molecule has 1 N–H and O–H groups in total. The van der Waals surface area contributed by atoms with Gasteiger partial charge >= 0.3 is 0 Å². The Balaban J connectivity index is 1.64. The van der Waals surface area contributed by atoms with Crippen molar-refractivity contribution in [1.82, 2.24) is 4.98 Å². The number of rotatable bonds is 6. The molecule has 4 nitrogen and oxygen atoms in total. The topological polar surface area (TPSA) is 51.2 Å². The Morgan fingerprint density at radius 2 is 1.93 bits per heavy atom. The van der Waals surface area contributed by atoms with Gasteiger partial charge in [0.05, 0.1) is 19.2 Å². The first-order chi connectivity index (χ1) is 13.0. The number of nitrogens with zero attached hydrogens (tertiary/aromatic N) is 1. The minimum atomic E-state index is -0.0564. The molecule has 0 spiro atoms. The van der Waals surface area contributed by atoms with E-state index < -0.39 is 0 Å². The van der Waals surface area contributed by atoms with E-state index in [1.165, 1.54) is 16.9 Å². The zero-order valence-corrected chi connectivity index (χ0v) is 16.9. The van der Waals surface area contributed by atoms with Gasteiger partial charge in [-0.1, -0.05) is 38.1 Å². The molecule has 3 rings (SSSR count). The summed E-state index contributed by atoms with van der Waals surface area (Å²) < 4.78 is 5.30. The van der Waals surface area contributed by atoms with Crippen molar-refractivity contribution in [1.29, 1.82) is 0 Å². The number of carbonyl (C=O) groups excluding carboxylic acids is 1. The summed E-state index contributed by atoms with van der Waals surface area (Å²) in [5.74, 6) is 1.29. The molecule has 1 aromatic heterocycles. The zero-order valence-electron chi connectivity index (χ0n) is 16.1. The lowest BCUT2D eigenvalue weighted by Crippen LogP contribution is -2.14. The Labute approximate surface area is 164 Å². The van der Waals surface area contributed by atoms with Gasteiger partial charge in [0.2, 0.25) is 5.91 Å². The Morgan fingerprint density at radius 1 is 1.19 bits per heavy atom. The summed E-state index contributed by atoms with van der Waals surface area (Å²) in [5, 5.41) is 5.46. The number of hydrogen-bond donors (Lipinski definition) is 1.